The second kappa shape index (κ2) is 6.75. The second-order valence-electron chi connectivity index (χ2n) is 5.70. The first-order valence-corrected chi connectivity index (χ1v) is 7.83. The first-order chi connectivity index (χ1) is 11.4. The number of furan rings is 1. The van der Waals surface area contributed by atoms with Crippen molar-refractivity contribution in [2.24, 2.45) is 0 Å². The van der Waals surface area contributed by atoms with Gasteiger partial charge in [-0.25, -0.2) is 4.39 Å². The van der Waals surface area contributed by atoms with Crippen LogP contribution in [0.4, 0.5) is 4.39 Å². The van der Waals surface area contributed by atoms with E-state index in [-0.39, 0.29) is 5.82 Å². The molecule has 0 aliphatic carbocycles. The van der Waals surface area contributed by atoms with Crippen molar-refractivity contribution in [1.82, 2.24) is 15.1 Å². The van der Waals surface area contributed by atoms with Crippen LogP contribution in [0.5, 0.6) is 0 Å². The molecule has 3 aromatic rings. The van der Waals surface area contributed by atoms with E-state index in [9.17, 15) is 4.39 Å². The molecule has 0 saturated heterocycles. The maximum Gasteiger partial charge on any atom is 0.251 e. The summed E-state index contributed by atoms with van der Waals surface area (Å²) in [6.07, 6.45) is 0. The fourth-order valence-electron chi connectivity index (χ4n) is 2.51. The van der Waals surface area contributed by atoms with Crippen molar-refractivity contribution >= 4 is 11.6 Å². The Kier molecular flexibility index (Phi) is 4.69. The molecule has 3 rings (SSSR count). The maximum absolute atomic E-state index is 13.8. The highest BCUT2D eigenvalue weighted by atomic mass is 35.5. The van der Waals surface area contributed by atoms with Crippen LogP contribution in [-0.2, 0) is 13.1 Å². The van der Waals surface area contributed by atoms with Crippen LogP contribution in [0.2, 0.25) is 5.02 Å². The van der Waals surface area contributed by atoms with Crippen molar-refractivity contribution in [3.63, 3.8) is 0 Å². The highest BCUT2D eigenvalue weighted by Gasteiger charge is 2.16. The van der Waals surface area contributed by atoms with Gasteiger partial charge in [0.2, 0.25) is 5.89 Å². The molecule has 2 heterocycles. The molecule has 5 nitrogen and oxygen atoms in total. The summed E-state index contributed by atoms with van der Waals surface area (Å²) in [4.78, 5) is 1.86. The number of rotatable bonds is 5. The number of halogens is 2. The molecule has 0 amide bonds. The Morgan fingerprint density at radius 2 is 1.96 bits per heavy atom. The maximum atomic E-state index is 13.8. The quantitative estimate of drug-likeness (QED) is 0.684. The minimum atomic E-state index is -0.329. The van der Waals surface area contributed by atoms with Gasteiger partial charge >= 0.3 is 0 Å². The third kappa shape index (κ3) is 3.49. The Morgan fingerprint density at radius 1 is 1.17 bits per heavy atom. The van der Waals surface area contributed by atoms with Crippen LogP contribution in [0.1, 0.15) is 23.0 Å². The summed E-state index contributed by atoms with van der Waals surface area (Å²) in [5, 5.41) is 8.50. The molecule has 24 heavy (non-hydrogen) atoms. The number of aromatic nitrogens is 2. The van der Waals surface area contributed by atoms with Crippen molar-refractivity contribution in [3.8, 4) is 11.5 Å². The predicted molar refractivity (Wildman–Crippen MR) is 88.1 cm³/mol. The highest BCUT2D eigenvalue weighted by Crippen LogP contribution is 2.26. The fourth-order valence-corrected chi connectivity index (χ4v) is 2.73. The largest absolute Gasteiger partial charge is 0.466 e. The Labute approximate surface area is 144 Å². The van der Waals surface area contributed by atoms with Crippen molar-refractivity contribution in [3.05, 3.63) is 58.1 Å². The first-order valence-electron chi connectivity index (χ1n) is 7.45. The molecule has 2 aromatic heterocycles. The van der Waals surface area contributed by atoms with Gasteiger partial charge in [0.15, 0.2) is 0 Å². The average Bonchev–Trinajstić information content (AvgIpc) is 3.09. The summed E-state index contributed by atoms with van der Waals surface area (Å²) < 4.78 is 25.0. The van der Waals surface area contributed by atoms with Crippen LogP contribution in [0.15, 0.2) is 33.1 Å². The minimum absolute atomic E-state index is 0.329. The van der Waals surface area contributed by atoms with Gasteiger partial charge < -0.3 is 8.83 Å². The third-order valence-electron chi connectivity index (χ3n) is 3.63. The van der Waals surface area contributed by atoms with Gasteiger partial charge in [-0.05, 0) is 39.1 Å². The molecule has 1 aromatic carbocycles. The summed E-state index contributed by atoms with van der Waals surface area (Å²) in [5.74, 6) is 2.04. The van der Waals surface area contributed by atoms with Crippen LogP contribution < -0.4 is 0 Å². The van der Waals surface area contributed by atoms with E-state index in [0.29, 0.717) is 35.5 Å². The molecule has 0 atom stereocenters. The van der Waals surface area contributed by atoms with E-state index < -0.39 is 0 Å². The van der Waals surface area contributed by atoms with E-state index in [0.717, 1.165) is 17.1 Å². The zero-order chi connectivity index (χ0) is 17.3. The Bertz CT molecular complexity index is 839. The van der Waals surface area contributed by atoms with Gasteiger partial charge in [0.05, 0.1) is 12.1 Å². The van der Waals surface area contributed by atoms with E-state index in [1.807, 2.05) is 31.9 Å². The molecule has 0 aliphatic rings. The number of hydrogen-bond acceptors (Lipinski definition) is 5. The Hall–Kier alpha value is -2.18. The normalized spacial score (nSPS) is 11.4. The number of benzene rings is 1. The number of aryl methyl sites for hydroxylation is 2. The lowest BCUT2D eigenvalue weighted by Gasteiger charge is -2.15. The van der Waals surface area contributed by atoms with Crippen LogP contribution in [0.25, 0.3) is 11.5 Å². The van der Waals surface area contributed by atoms with Gasteiger partial charge in [0.1, 0.15) is 17.3 Å². The number of nitrogens with zero attached hydrogens (tertiary/aromatic N) is 3. The zero-order valence-corrected chi connectivity index (χ0v) is 14.4. The molecule has 0 spiro atoms. The van der Waals surface area contributed by atoms with Gasteiger partial charge in [-0.1, -0.05) is 17.7 Å². The molecule has 0 radical (unpaired) electrons. The summed E-state index contributed by atoms with van der Waals surface area (Å²) in [6.45, 7) is 4.43. The van der Waals surface area contributed by atoms with E-state index in [2.05, 4.69) is 10.2 Å². The van der Waals surface area contributed by atoms with Gasteiger partial charge in [-0.3, -0.25) is 4.90 Å². The minimum Gasteiger partial charge on any atom is -0.466 e. The predicted octanol–water partition coefficient (Wildman–Crippen LogP) is 4.37. The van der Waals surface area contributed by atoms with Crippen LogP contribution in [0, 0.1) is 19.7 Å². The van der Waals surface area contributed by atoms with Crippen LogP contribution in [0.3, 0.4) is 0 Å². The van der Waals surface area contributed by atoms with E-state index in [4.69, 9.17) is 20.4 Å². The molecule has 0 unspecified atom stereocenters. The molecule has 126 valence electrons. The van der Waals surface area contributed by atoms with Crippen LogP contribution >= 0.6 is 11.6 Å². The molecular weight excluding hydrogens is 333 g/mol. The molecule has 0 aliphatic heterocycles. The Balaban J connectivity index is 1.72. The summed E-state index contributed by atoms with van der Waals surface area (Å²) in [7, 11) is 1.83. The molecule has 0 bridgehead atoms. The molecule has 0 saturated carbocycles. The summed E-state index contributed by atoms with van der Waals surface area (Å²) in [6, 6.07) is 6.50. The SMILES string of the molecule is Cc1cc(-c2nnc(CN(C)Cc3c(F)cccc3Cl)o2)c(C)o1. The second-order valence-corrected chi connectivity index (χ2v) is 6.11. The molecular formula is C17H17ClFN3O2. The van der Waals surface area contributed by atoms with Crippen molar-refractivity contribution in [2.45, 2.75) is 26.9 Å². The average molecular weight is 350 g/mol. The molecule has 0 fully saturated rings. The smallest absolute Gasteiger partial charge is 0.251 e. The van der Waals surface area contributed by atoms with E-state index in [1.165, 1.54) is 6.07 Å². The van der Waals surface area contributed by atoms with Crippen molar-refractivity contribution in [2.75, 3.05) is 7.05 Å². The highest BCUT2D eigenvalue weighted by molar-refractivity contribution is 6.31. The zero-order valence-electron chi connectivity index (χ0n) is 13.6. The fraction of sp³-hybridized carbons (Fsp3) is 0.294. The topological polar surface area (TPSA) is 55.3 Å². The van der Waals surface area contributed by atoms with Crippen molar-refractivity contribution in [1.29, 1.82) is 0 Å². The van der Waals surface area contributed by atoms with E-state index in [1.54, 1.807) is 12.1 Å². The lowest BCUT2D eigenvalue weighted by Crippen LogP contribution is -2.18. The van der Waals surface area contributed by atoms with Gasteiger partial charge in [0.25, 0.3) is 5.89 Å². The molecule has 7 heteroatoms. The first kappa shape index (κ1) is 16.7. The van der Waals surface area contributed by atoms with Gasteiger partial charge in [-0.2, -0.15) is 0 Å². The van der Waals surface area contributed by atoms with Crippen LogP contribution in [-0.4, -0.2) is 22.1 Å². The Morgan fingerprint density at radius 3 is 2.62 bits per heavy atom. The standard InChI is InChI=1S/C17H17ClFN3O2/c1-10-7-12(11(2)23-10)17-21-20-16(24-17)9-22(3)8-13-14(18)5-4-6-15(13)19/h4-7H,8-9H2,1-3H3. The lowest BCUT2D eigenvalue weighted by molar-refractivity contribution is 0.279. The van der Waals surface area contributed by atoms with Gasteiger partial charge in [0, 0.05) is 17.1 Å². The lowest BCUT2D eigenvalue weighted by atomic mass is 10.2. The monoisotopic (exact) mass is 349 g/mol. The van der Waals surface area contributed by atoms with Gasteiger partial charge in [-0.15, -0.1) is 10.2 Å². The number of hydrogen-bond donors (Lipinski definition) is 0. The molecule has 0 N–H and O–H groups in total. The third-order valence-corrected chi connectivity index (χ3v) is 3.99. The summed E-state index contributed by atoms with van der Waals surface area (Å²) >= 11 is 6.05. The van der Waals surface area contributed by atoms with E-state index >= 15 is 0 Å². The summed E-state index contributed by atoms with van der Waals surface area (Å²) in [5.41, 5.74) is 1.23. The van der Waals surface area contributed by atoms with Crippen molar-refractivity contribution < 1.29 is 13.2 Å².